The summed E-state index contributed by atoms with van der Waals surface area (Å²) in [7, 11) is 0. The van der Waals surface area contributed by atoms with Crippen molar-refractivity contribution in [2.24, 2.45) is 5.84 Å². The third-order valence-electron chi connectivity index (χ3n) is 6.42. The van der Waals surface area contributed by atoms with Gasteiger partial charge in [-0.1, -0.05) is 54.6 Å². The molecular formula is C34H27N5O4. The zero-order chi connectivity index (χ0) is 30.2. The Kier molecular flexibility index (Phi) is 8.65. The zero-order valence-corrected chi connectivity index (χ0v) is 22.9. The van der Waals surface area contributed by atoms with Gasteiger partial charge in [0.25, 0.3) is 23.6 Å². The molecular weight excluding hydrogens is 542 g/mol. The number of rotatable bonds is 8. The summed E-state index contributed by atoms with van der Waals surface area (Å²) in [4.78, 5) is 51.6. The molecule has 9 nitrogen and oxygen atoms in total. The van der Waals surface area contributed by atoms with E-state index in [9.17, 15) is 19.2 Å². The lowest BCUT2D eigenvalue weighted by molar-refractivity contribution is 0.0983. The lowest BCUT2D eigenvalue weighted by Crippen LogP contribution is -2.37. The molecule has 0 atom stereocenters. The van der Waals surface area contributed by atoms with Crippen LogP contribution >= 0.6 is 0 Å². The Labute approximate surface area is 247 Å². The van der Waals surface area contributed by atoms with Gasteiger partial charge in [-0.2, -0.15) is 0 Å². The number of benzene rings is 5. The highest BCUT2D eigenvalue weighted by atomic mass is 16.2. The molecule has 0 saturated carbocycles. The van der Waals surface area contributed by atoms with Gasteiger partial charge < -0.3 is 16.0 Å². The van der Waals surface area contributed by atoms with Crippen molar-refractivity contribution in [3.8, 4) is 0 Å². The lowest BCUT2D eigenvalue weighted by Gasteiger charge is -2.17. The van der Waals surface area contributed by atoms with Gasteiger partial charge in [0.15, 0.2) is 0 Å². The normalized spacial score (nSPS) is 10.3. The Bertz CT molecular complexity index is 1790. The topological polar surface area (TPSA) is 134 Å². The van der Waals surface area contributed by atoms with Crippen LogP contribution in [0.5, 0.6) is 0 Å². The van der Waals surface area contributed by atoms with Crippen LogP contribution in [0.1, 0.15) is 41.4 Å². The second-order valence-corrected chi connectivity index (χ2v) is 9.48. The SMILES string of the molecule is NN(C(=O)c1cccc(C(=O)Nc2cccc(NC(=O)c3cccc(C(=O)Nc4ccccc4)c3)c2)c1)c1ccccc1. The first-order chi connectivity index (χ1) is 20.9. The van der Waals surface area contributed by atoms with Gasteiger partial charge in [-0.15, -0.1) is 0 Å². The highest BCUT2D eigenvalue weighted by Gasteiger charge is 2.17. The lowest BCUT2D eigenvalue weighted by atomic mass is 10.1. The van der Waals surface area contributed by atoms with Crippen molar-refractivity contribution in [2.45, 2.75) is 0 Å². The van der Waals surface area contributed by atoms with Crippen LogP contribution in [0.2, 0.25) is 0 Å². The van der Waals surface area contributed by atoms with Crippen LogP contribution in [-0.2, 0) is 0 Å². The second kappa shape index (κ2) is 13.1. The van der Waals surface area contributed by atoms with Gasteiger partial charge in [0, 0.05) is 39.3 Å². The maximum absolute atomic E-state index is 13.0. The number of carbonyl (C=O) groups excluding carboxylic acids is 4. The van der Waals surface area contributed by atoms with E-state index < -0.39 is 17.7 Å². The second-order valence-electron chi connectivity index (χ2n) is 9.48. The van der Waals surface area contributed by atoms with Crippen molar-refractivity contribution < 1.29 is 19.2 Å². The molecule has 0 bridgehead atoms. The molecule has 5 rings (SSSR count). The first-order valence-corrected chi connectivity index (χ1v) is 13.3. The van der Waals surface area contributed by atoms with Gasteiger partial charge >= 0.3 is 0 Å². The van der Waals surface area contributed by atoms with Crippen molar-refractivity contribution in [1.82, 2.24) is 0 Å². The van der Waals surface area contributed by atoms with E-state index in [1.54, 1.807) is 97.1 Å². The summed E-state index contributed by atoms with van der Waals surface area (Å²) in [6, 6.07) is 37.0. The predicted molar refractivity (Wildman–Crippen MR) is 167 cm³/mol. The highest BCUT2D eigenvalue weighted by Crippen LogP contribution is 2.19. The van der Waals surface area contributed by atoms with E-state index >= 15 is 0 Å². The minimum absolute atomic E-state index is 0.250. The number of nitrogens with zero attached hydrogens (tertiary/aromatic N) is 1. The number of hydrogen-bond donors (Lipinski definition) is 4. The summed E-state index contributed by atoms with van der Waals surface area (Å²) in [6.07, 6.45) is 0. The maximum atomic E-state index is 13.0. The number of hydrogen-bond acceptors (Lipinski definition) is 5. The Morgan fingerprint density at radius 3 is 1.37 bits per heavy atom. The molecule has 5 N–H and O–H groups in total. The fourth-order valence-electron chi connectivity index (χ4n) is 4.25. The van der Waals surface area contributed by atoms with Crippen LogP contribution in [0, 0.1) is 0 Å². The smallest absolute Gasteiger partial charge is 0.272 e. The number of carbonyl (C=O) groups is 4. The van der Waals surface area contributed by atoms with Crippen LogP contribution in [-0.4, -0.2) is 23.6 Å². The quantitative estimate of drug-likeness (QED) is 0.104. The molecule has 43 heavy (non-hydrogen) atoms. The summed E-state index contributed by atoms with van der Waals surface area (Å²) in [6.45, 7) is 0. The van der Waals surface area contributed by atoms with E-state index in [1.807, 2.05) is 24.3 Å². The Hall–Kier alpha value is -6.06. The number of amides is 4. The van der Waals surface area contributed by atoms with Gasteiger partial charge in [0.2, 0.25) is 0 Å². The molecule has 0 fully saturated rings. The average molecular weight is 570 g/mol. The van der Waals surface area contributed by atoms with Crippen molar-refractivity contribution in [3.05, 3.63) is 156 Å². The number of para-hydroxylation sites is 2. The van der Waals surface area contributed by atoms with Crippen LogP contribution in [0.3, 0.4) is 0 Å². The molecule has 0 aliphatic carbocycles. The number of hydrazine groups is 1. The van der Waals surface area contributed by atoms with Crippen LogP contribution in [0.25, 0.3) is 0 Å². The highest BCUT2D eigenvalue weighted by molar-refractivity contribution is 6.10. The first-order valence-electron chi connectivity index (χ1n) is 13.3. The third kappa shape index (κ3) is 7.18. The molecule has 4 amide bonds. The molecule has 9 heteroatoms. The molecule has 0 unspecified atom stereocenters. The summed E-state index contributed by atoms with van der Waals surface area (Å²) in [5.41, 5.74) is 3.16. The molecule has 0 aliphatic rings. The average Bonchev–Trinajstić information content (AvgIpc) is 3.05. The molecule has 5 aromatic rings. The van der Waals surface area contributed by atoms with E-state index in [4.69, 9.17) is 5.84 Å². The van der Waals surface area contributed by atoms with Crippen LogP contribution in [0.4, 0.5) is 22.7 Å². The standard InChI is InChI=1S/C34H27N5O4/c35-39(30-18-5-2-6-19-30)34(43)26-13-8-12-25(21-26)33(42)38-29-17-9-16-28(22-29)37-32(41)24-11-7-10-23(20-24)31(40)36-27-14-3-1-4-15-27/h1-22H,35H2,(H,36,40)(H,37,41)(H,38,42). The molecule has 0 aliphatic heterocycles. The summed E-state index contributed by atoms with van der Waals surface area (Å²) < 4.78 is 0. The third-order valence-corrected chi connectivity index (χ3v) is 6.42. The maximum Gasteiger partial charge on any atom is 0.272 e. The Morgan fingerprint density at radius 2 is 0.837 bits per heavy atom. The predicted octanol–water partition coefficient (Wildman–Crippen LogP) is 5.96. The van der Waals surface area contributed by atoms with Gasteiger partial charge in [-0.05, 0) is 78.9 Å². The molecule has 0 radical (unpaired) electrons. The minimum Gasteiger partial charge on any atom is -0.322 e. The summed E-state index contributed by atoms with van der Waals surface area (Å²) in [5.74, 6) is 4.33. The fraction of sp³-hybridized carbons (Fsp3) is 0. The van der Waals surface area contributed by atoms with Crippen molar-refractivity contribution >= 4 is 46.4 Å². The van der Waals surface area contributed by atoms with E-state index in [1.165, 1.54) is 12.1 Å². The van der Waals surface area contributed by atoms with E-state index in [0.717, 1.165) is 5.01 Å². The molecule has 5 aromatic carbocycles. The molecule has 0 aromatic heterocycles. The fourth-order valence-corrected chi connectivity index (χ4v) is 4.25. The monoisotopic (exact) mass is 569 g/mol. The van der Waals surface area contributed by atoms with E-state index in [2.05, 4.69) is 16.0 Å². The Morgan fingerprint density at radius 1 is 0.442 bits per heavy atom. The van der Waals surface area contributed by atoms with E-state index in [0.29, 0.717) is 33.9 Å². The molecule has 0 spiro atoms. The largest absolute Gasteiger partial charge is 0.322 e. The molecule has 0 saturated heterocycles. The zero-order valence-electron chi connectivity index (χ0n) is 22.9. The van der Waals surface area contributed by atoms with Crippen LogP contribution in [0.15, 0.2) is 133 Å². The summed E-state index contributed by atoms with van der Waals surface area (Å²) in [5, 5.41) is 9.40. The molecule has 0 heterocycles. The van der Waals surface area contributed by atoms with Crippen molar-refractivity contribution in [1.29, 1.82) is 0 Å². The first kappa shape index (κ1) is 28.5. The van der Waals surface area contributed by atoms with Gasteiger partial charge in [-0.25, -0.2) is 10.9 Å². The number of anilines is 4. The Balaban J connectivity index is 1.24. The van der Waals surface area contributed by atoms with Gasteiger partial charge in [0.05, 0.1) is 5.69 Å². The van der Waals surface area contributed by atoms with Gasteiger partial charge in [0.1, 0.15) is 0 Å². The van der Waals surface area contributed by atoms with Crippen LogP contribution < -0.4 is 26.8 Å². The van der Waals surface area contributed by atoms with E-state index in [-0.39, 0.29) is 17.0 Å². The van der Waals surface area contributed by atoms with Gasteiger partial charge in [-0.3, -0.25) is 19.2 Å². The minimum atomic E-state index is -0.466. The van der Waals surface area contributed by atoms with Crippen molar-refractivity contribution in [2.75, 3.05) is 21.0 Å². The number of nitrogens with one attached hydrogen (secondary N) is 3. The summed E-state index contributed by atoms with van der Waals surface area (Å²) >= 11 is 0. The molecule has 212 valence electrons. The number of nitrogens with two attached hydrogens (primary N) is 1. The van der Waals surface area contributed by atoms with Crippen molar-refractivity contribution in [3.63, 3.8) is 0 Å².